The molecule has 2 rings (SSSR count). The molecular weight excluding hydrogens is 433 g/mol. The Labute approximate surface area is 187 Å². The van der Waals surface area contributed by atoms with Crippen molar-refractivity contribution in [2.45, 2.75) is 52.2 Å². The van der Waals surface area contributed by atoms with Crippen LogP contribution in [-0.4, -0.2) is 50.1 Å². The standard InChI is InChI=1S/C21H29Cl2NO6/c1-20(2,3)30-19(26)24-11-21(4,10-16(25)28-6)9-14(24)17-15(29-12-27-5)8-7-13(22)18(17)23/h7-8,14H,9-12H2,1-6H3/t14-,21?/m1/s1. The number of nitrogens with zero attached hydrogens (tertiary/aromatic N) is 1. The van der Waals surface area contributed by atoms with Gasteiger partial charge in [-0.05, 0) is 44.7 Å². The maximum Gasteiger partial charge on any atom is 0.410 e. The molecule has 1 aliphatic heterocycles. The van der Waals surface area contributed by atoms with E-state index in [1.165, 1.54) is 14.2 Å². The van der Waals surface area contributed by atoms with Crippen LogP contribution >= 0.6 is 23.2 Å². The van der Waals surface area contributed by atoms with Crippen LogP contribution in [0.4, 0.5) is 4.79 Å². The summed E-state index contributed by atoms with van der Waals surface area (Å²) in [7, 11) is 2.85. The predicted molar refractivity (Wildman–Crippen MR) is 114 cm³/mol. The average Bonchev–Trinajstić information content (AvgIpc) is 2.98. The van der Waals surface area contributed by atoms with Gasteiger partial charge in [-0.2, -0.15) is 0 Å². The minimum atomic E-state index is -0.684. The van der Waals surface area contributed by atoms with Crippen LogP contribution in [0.3, 0.4) is 0 Å². The van der Waals surface area contributed by atoms with Gasteiger partial charge >= 0.3 is 12.1 Å². The molecule has 1 saturated heterocycles. The summed E-state index contributed by atoms with van der Waals surface area (Å²) in [5.74, 6) is 0.0995. The van der Waals surface area contributed by atoms with Crippen molar-refractivity contribution in [1.29, 1.82) is 0 Å². The molecule has 0 spiro atoms. The normalized spacial score (nSPS) is 21.5. The lowest BCUT2D eigenvalue weighted by atomic mass is 9.83. The maximum absolute atomic E-state index is 13.1. The van der Waals surface area contributed by atoms with Crippen molar-refractivity contribution in [2.24, 2.45) is 5.41 Å². The van der Waals surface area contributed by atoms with Gasteiger partial charge in [-0.15, -0.1) is 0 Å². The van der Waals surface area contributed by atoms with E-state index >= 15 is 0 Å². The van der Waals surface area contributed by atoms with Crippen molar-refractivity contribution in [3.8, 4) is 5.75 Å². The Morgan fingerprint density at radius 3 is 2.47 bits per heavy atom. The van der Waals surface area contributed by atoms with Crippen LogP contribution < -0.4 is 4.74 Å². The number of methoxy groups -OCH3 is 2. The number of amides is 1. The van der Waals surface area contributed by atoms with Crippen LogP contribution in [-0.2, 0) is 19.0 Å². The van der Waals surface area contributed by atoms with Crippen LogP contribution in [0, 0.1) is 5.41 Å². The zero-order valence-corrected chi connectivity index (χ0v) is 19.7. The highest BCUT2D eigenvalue weighted by molar-refractivity contribution is 6.42. The van der Waals surface area contributed by atoms with Crippen LogP contribution in [0.2, 0.25) is 10.0 Å². The third-order valence-corrected chi connectivity index (χ3v) is 5.62. The molecule has 0 bridgehead atoms. The SMILES string of the molecule is COCOc1ccc(Cl)c(Cl)c1[C@H]1CC(C)(CC(=O)OC)CN1C(=O)OC(C)(C)C. The number of carbonyl (C=O) groups excluding carboxylic acids is 2. The fourth-order valence-electron chi connectivity index (χ4n) is 3.59. The highest BCUT2D eigenvalue weighted by Crippen LogP contribution is 2.50. The number of benzene rings is 1. The maximum atomic E-state index is 13.1. The van der Waals surface area contributed by atoms with Gasteiger partial charge < -0.3 is 23.8 Å². The Balaban J connectivity index is 2.51. The highest BCUT2D eigenvalue weighted by Gasteiger charge is 2.47. The number of hydrogen-bond acceptors (Lipinski definition) is 6. The predicted octanol–water partition coefficient (Wildman–Crippen LogP) is 5.23. The largest absolute Gasteiger partial charge is 0.469 e. The van der Waals surface area contributed by atoms with E-state index in [4.69, 9.17) is 42.1 Å². The third kappa shape index (κ3) is 5.93. The van der Waals surface area contributed by atoms with Crippen LogP contribution in [0.5, 0.6) is 5.75 Å². The number of halogens is 2. The number of likely N-dealkylation sites (tertiary alicyclic amines) is 1. The second-order valence-corrected chi connectivity index (χ2v) is 9.50. The molecular formula is C21H29Cl2NO6. The first kappa shape index (κ1) is 24.6. The van der Waals surface area contributed by atoms with Crippen molar-refractivity contribution < 1.29 is 28.5 Å². The molecule has 1 unspecified atom stereocenters. The second-order valence-electron chi connectivity index (χ2n) is 8.72. The molecule has 2 atom stereocenters. The summed E-state index contributed by atoms with van der Waals surface area (Å²) in [6.07, 6.45) is 0.0889. The summed E-state index contributed by atoms with van der Waals surface area (Å²) >= 11 is 12.8. The molecule has 1 amide bonds. The zero-order valence-electron chi connectivity index (χ0n) is 18.2. The van der Waals surface area contributed by atoms with E-state index in [0.29, 0.717) is 22.8 Å². The molecule has 0 saturated carbocycles. The number of hydrogen-bond donors (Lipinski definition) is 0. The lowest BCUT2D eigenvalue weighted by Crippen LogP contribution is -2.38. The zero-order chi connectivity index (χ0) is 22.7. The van der Waals surface area contributed by atoms with Crippen molar-refractivity contribution in [3.63, 3.8) is 0 Å². The molecule has 1 heterocycles. The molecule has 1 fully saturated rings. The number of esters is 1. The van der Waals surface area contributed by atoms with E-state index < -0.39 is 23.2 Å². The van der Waals surface area contributed by atoms with Crippen LogP contribution in [0.1, 0.15) is 52.1 Å². The molecule has 0 radical (unpaired) electrons. The Morgan fingerprint density at radius 1 is 1.23 bits per heavy atom. The monoisotopic (exact) mass is 461 g/mol. The number of carbonyl (C=O) groups is 2. The van der Waals surface area contributed by atoms with Gasteiger partial charge in [-0.1, -0.05) is 30.1 Å². The smallest absolute Gasteiger partial charge is 0.410 e. The molecule has 9 heteroatoms. The van der Waals surface area contributed by atoms with Gasteiger partial charge in [0.05, 0.1) is 29.6 Å². The Hall–Kier alpha value is -1.70. The van der Waals surface area contributed by atoms with Crippen molar-refractivity contribution >= 4 is 35.3 Å². The summed E-state index contributed by atoms with van der Waals surface area (Å²) in [6.45, 7) is 7.60. The van der Waals surface area contributed by atoms with Crippen LogP contribution in [0.25, 0.3) is 0 Å². The molecule has 0 aliphatic carbocycles. The van der Waals surface area contributed by atoms with Crippen molar-refractivity contribution in [1.82, 2.24) is 4.90 Å². The Kier molecular flexibility index (Phi) is 7.88. The van der Waals surface area contributed by atoms with Crippen LogP contribution in [0.15, 0.2) is 12.1 Å². The first-order valence-corrected chi connectivity index (χ1v) is 10.3. The van der Waals surface area contributed by atoms with Crippen molar-refractivity contribution in [2.75, 3.05) is 27.6 Å². The first-order valence-electron chi connectivity index (χ1n) is 9.57. The van der Waals surface area contributed by atoms with E-state index in [-0.39, 0.29) is 30.8 Å². The van der Waals surface area contributed by atoms with Gasteiger partial charge in [0.1, 0.15) is 11.4 Å². The molecule has 1 aliphatic rings. The van der Waals surface area contributed by atoms with E-state index in [9.17, 15) is 9.59 Å². The fraction of sp³-hybridized carbons (Fsp3) is 0.619. The topological polar surface area (TPSA) is 74.3 Å². The van der Waals surface area contributed by atoms with E-state index in [1.807, 2.05) is 6.92 Å². The summed E-state index contributed by atoms with van der Waals surface area (Å²) in [5.41, 5.74) is -0.671. The summed E-state index contributed by atoms with van der Waals surface area (Å²) < 4.78 is 21.2. The lowest BCUT2D eigenvalue weighted by Gasteiger charge is -2.30. The number of ether oxygens (including phenoxy) is 4. The average molecular weight is 462 g/mol. The molecule has 30 heavy (non-hydrogen) atoms. The molecule has 168 valence electrons. The fourth-order valence-corrected chi connectivity index (χ4v) is 4.04. The molecule has 1 aromatic carbocycles. The molecule has 0 N–H and O–H groups in total. The Bertz CT molecular complexity index is 794. The van der Waals surface area contributed by atoms with E-state index in [1.54, 1.807) is 37.8 Å². The highest BCUT2D eigenvalue weighted by atomic mass is 35.5. The molecule has 1 aromatic rings. The molecule has 0 aromatic heterocycles. The van der Waals surface area contributed by atoms with Gasteiger partial charge in [0.2, 0.25) is 0 Å². The minimum Gasteiger partial charge on any atom is -0.469 e. The quantitative estimate of drug-likeness (QED) is 0.426. The van der Waals surface area contributed by atoms with E-state index in [0.717, 1.165) is 0 Å². The van der Waals surface area contributed by atoms with Gasteiger partial charge in [0.25, 0.3) is 0 Å². The van der Waals surface area contributed by atoms with Gasteiger partial charge in [-0.25, -0.2) is 4.79 Å². The van der Waals surface area contributed by atoms with Gasteiger partial charge in [0, 0.05) is 19.2 Å². The van der Waals surface area contributed by atoms with Crippen molar-refractivity contribution in [3.05, 3.63) is 27.7 Å². The minimum absolute atomic E-state index is 0.00352. The second kappa shape index (κ2) is 9.62. The summed E-state index contributed by atoms with van der Waals surface area (Å²) in [6, 6.07) is 2.80. The van der Waals surface area contributed by atoms with Gasteiger partial charge in [0.15, 0.2) is 6.79 Å². The lowest BCUT2D eigenvalue weighted by molar-refractivity contribution is -0.143. The third-order valence-electron chi connectivity index (χ3n) is 4.80. The van der Waals surface area contributed by atoms with E-state index in [2.05, 4.69) is 0 Å². The Morgan fingerprint density at radius 2 is 1.90 bits per heavy atom. The first-order chi connectivity index (χ1) is 13.9. The summed E-state index contributed by atoms with van der Waals surface area (Å²) in [4.78, 5) is 26.6. The number of rotatable bonds is 6. The molecule has 7 nitrogen and oxygen atoms in total. The summed E-state index contributed by atoms with van der Waals surface area (Å²) in [5, 5.41) is 0.619. The van der Waals surface area contributed by atoms with Gasteiger partial charge in [-0.3, -0.25) is 4.79 Å².